The van der Waals surface area contributed by atoms with Gasteiger partial charge >= 0.3 is 0 Å². The number of nitrogens with one attached hydrogen (secondary N) is 1. The Morgan fingerprint density at radius 1 is 1.35 bits per heavy atom. The van der Waals surface area contributed by atoms with Crippen molar-refractivity contribution in [1.82, 2.24) is 15.1 Å². The molecule has 0 spiro atoms. The molecular formula is C17H21N3O3. The molecule has 0 amide bonds. The van der Waals surface area contributed by atoms with Crippen molar-refractivity contribution in [3.8, 4) is 0 Å². The summed E-state index contributed by atoms with van der Waals surface area (Å²) in [7, 11) is 0. The van der Waals surface area contributed by atoms with Crippen molar-refractivity contribution in [3.63, 3.8) is 0 Å². The second-order valence-electron chi connectivity index (χ2n) is 6.25. The molecule has 1 aromatic heterocycles. The van der Waals surface area contributed by atoms with E-state index in [2.05, 4.69) is 22.5 Å². The molecule has 2 saturated heterocycles. The van der Waals surface area contributed by atoms with Gasteiger partial charge in [0.05, 0.1) is 24.9 Å². The van der Waals surface area contributed by atoms with E-state index in [1.54, 1.807) is 10.9 Å². The van der Waals surface area contributed by atoms with E-state index >= 15 is 0 Å². The van der Waals surface area contributed by atoms with Crippen LogP contribution in [0.2, 0.25) is 0 Å². The Morgan fingerprint density at radius 3 is 2.91 bits per heavy atom. The summed E-state index contributed by atoms with van der Waals surface area (Å²) < 4.78 is 13.4. The van der Waals surface area contributed by atoms with Crippen LogP contribution >= 0.6 is 0 Å². The number of fused-ring (bicyclic) bond motifs is 2. The van der Waals surface area contributed by atoms with Crippen LogP contribution in [0.25, 0.3) is 0 Å². The van der Waals surface area contributed by atoms with Gasteiger partial charge in [-0.15, -0.1) is 0 Å². The predicted octanol–water partition coefficient (Wildman–Crippen LogP) is 1.01. The first-order valence-electron chi connectivity index (χ1n) is 7.95. The molecule has 2 aromatic rings. The lowest BCUT2D eigenvalue weighted by Crippen LogP contribution is -2.57. The minimum absolute atomic E-state index is 0.133. The molecule has 2 aliphatic heterocycles. The number of aromatic nitrogens is 2. The zero-order valence-electron chi connectivity index (χ0n) is 13.0. The molecule has 0 radical (unpaired) electrons. The van der Waals surface area contributed by atoms with Crippen LogP contribution in [0.1, 0.15) is 17.2 Å². The van der Waals surface area contributed by atoms with E-state index in [0.29, 0.717) is 13.2 Å². The van der Waals surface area contributed by atoms with Gasteiger partial charge in [-0.05, 0) is 18.1 Å². The van der Waals surface area contributed by atoms with E-state index in [9.17, 15) is 5.11 Å². The molecule has 0 saturated carbocycles. The van der Waals surface area contributed by atoms with E-state index in [4.69, 9.17) is 9.47 Å². The molecule has 2 aliphatic rings. The normalized spacial score (nSPS) is 33.0. The summed E-state index contributed by atoms with van der Waals surface area (Å²) in [5.41, 5.74) is 2.22. The van der Waals surface area contributed by atoms with Crippen LogP contribution < -0.4 is 5.32 Å². The molecule has 23 heavy (non-hydrogen) atoms. The van der Waals surface area contributed by atoms with Gasteiger partial charge < -0.3 is 19.9 Å². The van der Waals surface area contributed by atoms with Gasteiger partial charge in [0.25, 0.3) is 0 Å². The van der Waals surface area contributed by atoms with Crippen LogP contribution in [0.5, 0.6) is 0 Å². The van der Waals surface area contributed by atoms with Gasteiger partial charge in [0.2, 0.25) is 0 Å². The molecule has 0 aliphatic carbocycles. The lowest BCUT2D eigenvalue weighted by Gasteiger charge is -2.38. The Labute approximate surface area is 135 Å². The van der Waals surface area contributed by atoms with Crippen LogP contribution in [0, 0.1) is 6.92 Å². The lowest BCUT2D eigenvalue weighted by atomic mass is 9.96. The third-order valence-electron chi connectivity index (χ3n) is 4.55. The van der Waals surface area contributed by atoms with Gasteiger partial charge in [-0.1, -0.05) is 30.3 Å². The molecule has 5 atom stereocenters. The maximum absolute atomic E-state index is 10.9. The number of nitrogens with zero attached hydrogens (tertiary/aromatic N) is 2. The molecular weight excluding hydrogens is 294 g/mol. The van der Waals surface area contributed by atoms with Crippen molar-refractivity contribution in [2.24, 2.45) is 0 Å². The number of aliphatic hydroxyl groups excluding tert-OH is 1. The summed E-state index contributed by atoms with van der Waals surface area (Å²) in [6.07, 6.45) is 2.49. The Balaban J connectivity index is 1.52. The van der Waals surface area contributed by atoms with Gasteiger partial charge in [-0.25, -0.2) is 0 Å². The van der Waals surface area contributed by atoms with Crippen LogP contribution in [0.4, 0.5) is 0 Å². The summed E-state index contributed by atoms with van der Waals surface area (Å²) in [4.78, 5) is 0. The topological polar surface area (TPSA) is 68.5 Å². The maximum atomic E-state index is 10.9. The fourth-order valence-corrected chi connectivity index (χ4v) is 3.36. The van der Waals surface area contributed by atoms with Gasteiger partial charge in [0.1, 0.15) is 12.1 Å². The number of aliphatic hydroxyl groups is 1. The lowest BCUT2D eigenvalue weighted by molar-refractivity contribution is -0.168. The number of ether oxygens (including phenoxy) is 2. The number of rotatable bonds is 4. The Morgan fingerprint density at radius 2 is 2.17 bits per heavy atom. The number of benzene rings is 1. The molecule has 2 bridgehead atoms. The third-order valence-corrected chi connectivity index (χ3v) is 4.55. The largest absolute Gasteiger partial charge is 0.389 e. The van der Waals surface area contributed by atoms with E-state index in [0.717, 1.165) is 5.56 Å². The molecule has 122 valence electrons. The van der Waals surface area contributed by atoms with Gasteiger partial charge in [0.15, 0.2) is 6.29 Å². The van der Waals surface area contributed by atoms with E-state index in [-0.39, 0.29) is 18.2 Å². The molecule has 1 aromatic carbocycles. The average molecular weight is 315 g/mol. The van der Waals surface area contributed by atoms with Crippen LogP contribution in [-0.4, -0.2) is 46.0 Å². The summed E-state index contributed by atoms with van der Waals surface area (Å²) in [6.45, 7) is 3.14. The highest BCUT2D eigenvalue weighted by Gasteiger charge is 2.51. The fraction of sp³-hybridized carbons (Fsp3) is 0.471. The average Bonchev–Trinajstić information content (AvgIpc) is 3.17. The Hall–Kier alpha value is -1.73. The van der Waals surface area contributed by atoms with Crippen molar-refractivity contribution < 1.29 is 14.6 Å². The van der Waals surface area contributed by atoms with E-state index < -0.39 is 12.4 Å². The monoisotopic (exact) mass is 315 g/mol. The zero-order valence-corrected chi connectivity index (χ0v) is 13.0. The third kappa shape index (κ3) is 2.79. The second-order valence-corrected chi connectivity index (χ2v) is 6.25. The summed E-state index contributed by atoms with van der Waals surface area (Å²) in [6, 6.07) is 9.60. The first kappa shape index (κ1) is 14.8. The zero-order chi connectivity index (χ0) is 15.8. The highest BCUT2D eigenvalue weighted by molar-refractivity contribution is 5.15. The SMILES string of the molecule is Cc1cnn([C@H]2[C@@H]3OC[C@@H](O3)[C@@H](NCc3ccccc3)[C@@H]2O)c1. The van der Waals surface area contributed by atoms with Crippen LogP contribution in [0.15, 0.2) is 42.7 Å². The van der Waals surface area contributed by atoms with Crippen LogP contribution in [-0.2, 0) is 16.0 Å². The minimum atomic E-state index is -0.621. The molecule has 2 fully saturated rings. The van der Waals surface area contributed by atoms with Crippen molar-refractivity contribution in [3.05, 3.63) is 53.9 Å². The second kappa shape index (κ2) is 6.05. The van der Waals surface area contributed by atoms with E-state index in [1.807, 2.05) is 31.3 Å². The molecule has 3 heterocycles. The highest BCUT2D eigenvalue weighted by Crippen LogP contribution is 2.35. The maximum Gasteiger partial charge on any atom is 0.183 e. The van der Waals surface area contributed by atoms with Crippen LogP contribution in [0.3, 0.4) is 0 Å². The minimum Gasteiger partial charge on any atom is -0.389 e. The quantitative estimate of drug-likeness (QED) is 0.881. The van der Waals surface area contributed by atoms with Gasteiger partial charge in [0, 0.05) is 12.7 Å². The summed E-state index contributed by atoms with van der Waals surface area (Å²) in [5.74, 6) is 0. The first-order chi connectivity index (χ1) is 11.2. The molecule has 4 rings (SSSR count). The van der Waals surface area contributed by atoms with Gasteiger partial charge in [-0.2, -0.15) is 5.10 Å². The highest BCUT2D eigenvalue weighted by atomic mass is 16.7. The smallest absolute Gasteiger partial charge is 0.183 e. The fourth-order valence-electron chi connectivity index (χ4n) is 3.36. The molecule has 6 heteroatoms. The molecule has 2 N–H and O–H groups in total. The number of aryl methyl sites for hydroxylation is 1. The predicted molar refractivity (Wildman–Crippen MR) is 83.7 cm³/mol. The molecule has 6 nitrogen and oxygen atoms in total. The number of hydrogen-bond acceptors (Lipinski definition) is 5. The van der Waals surface area contributed by atoms with Crippen molar-refractivity contribution >= 4 is 0 Å². The summed E-state index contributed by atoms with van der Waals surface area (Å²) >= 11 is 0. The van der Waals surface area contributed by atoms with Gasteiger partial charge in [-0.3, -0.25) is 4.68 Å². The first-order valence-corrected chi connectivity index (χ1v) is 7.95. The Kier molecular flexibility index (Phi) is 3.90. The Bertz CT molecular complexity index is 660. The number of hydrogen-bond donors (Lipinski definition) is 2. The molecule has 0 unspecified atom stereocenters. The summed E-state index contributed by atoms with van der Waals surface area (Å²) in [5, 5.41) is 18.6. The standard InChI is InChI=1S/C17H21N3O3/c1-11-7-19-20(9-11)15-16(21)14(13-10-22-17(15)23-13)18-8-12-5-3-2-4-6-12/h2-7,9,13-18,21H,8,10H2,1H3/t13-,14-,15-,16+,17-/m1/s1. The van der Waals surface area contributed by atoms with E-state index in [1.165, 1.54) is 5.56 Å². The van der Waals surface area contributed by atoms with Crippen molar-refractivity contribution in [2.45, 2.75) is 44.1 Å². The van der Waals surface area contributed by atoms with Crippen molar-refractivity contribution in [1.29, 1.82) is 0 Å². The van der Waals surface area contributed by atoms with Crippen molar-refractivity contribution in [2.75, 3.05) is 6.61 Å².